The fraction of sp³-hybridized carbons (Fsp3) is 0.333. The van der Waals surface area contributed by atoms with Crippen molar-refractivity contribution in [2.45, 2.75) is 45.6 Å². The Labute approximate surface area is 219 Å². The van der Waals surface area contributed by atoms with Crippen molar-refractivity contribution < 1.29 is 4.79 Å². The first-order chi connectivity index (χ1) is 17.6. The SMILES string of the molecule is CC(=O)Nc1nc2c(s1)-c1c(c(-c3cccnc3)nn1-c1ccc(CN3CCCCC3)cc1Cl)CC2. The van der Waals surface area contributed by atoms with Crippen LogP contribution in [0.1, 0.15) is 43.0 Å². The molecular formula is C27H27ClN6OS. The number of benzene rings is 1. The molecule has 36 heavy (non-hydrogen) atoms. The van der Waals surface area contributed by atoms with Gasteiger partial charge in [0.05, 0.1) is 32.7 Å². The molecule has 3 aromatic heterocycles. The van der Waals surface area contributed by atoms with Gasteiger partial charge in [-0.3, -0.25) is 14.7 Å². The third-order valence-corrected chi connectivity index (χ3v) is 8.14. The third-order valence-electron chi connectivity index (χ3n) is 6.82. The Kier molecular flexibility index (Phi) is 6.33. The van der Waals surface area contributed by atoms with Crippen LogP contribution in [0.3, 0.4) is 0 Å². The molecule has 1 N–H and O–H groups in total. The van der Waals surface area contributed by atoms with Crippen molar-refractivity contribution in [3.8, 4) is 27.5 Å². The van der Waals surface area contributed by atoms with Crippen LogP contribution in [0, 0.1) is 0 Å². The first-order valence-corrected chi connectivity index (χ1v) is 13.6. The minimum absolute atomic E-state index is 0.127. The van der Waals surface area contributed by atoms with Crippen molar-refractivity contribution in [3.63, 3.8) is 0 Å². The lowest BCUT2D eigenvalue weighted by Crippen LogP contribution is -2.29. The van der Waals surface area contributed by atoms with E-state index in [4.69, 9.17) is 21.7 Å². The summed E-state index contributed by atoms with van der Waals surface area (Å²) in [6.07, 6.45) is 9.07. The molecule has 1 fully saturated rings. The van der Waals surface area contributed by atoms with Gasteiger partial charge in [0.1, 0.15) is 0 Å². The molecule has 9 heteroatoms. The lowest BCUT2D eigenvalue weighted by atomic mass is 9.95. The quantitative estimate of drug-likeness (QED) is 0.364. The predicted octanol–water partition coefficient (Wildman–Crippen LogP) is 5.75. The van der Waals surface area contributed by atoms with E-state index in [1.165, 1.54) is 43.1 Å². The Bertz CT molecular complexity index is 1420. The molecule has 1 saturated heterocycles. The average Bonchev–Trinajstić information content (AvgIpc) is 3.46. The van der Waals surface area contributed by atoms with E-state index in [-0.39, 0.29) is 5.91 Å². The molecule has 4 heterocycles. The van der Waals surface area contributed by atoms with Crippen LogP contribution in [-0.2, 0) is 24.2 Å². The van der Waals surface area contributed by atoms with E-state index in [0.29, 0.717) is 10.2 Å². The number of anilines is 1. The highest BCUT2D eigenvalue weighted by Crippen LogP contribution is 2.44. The lowest BCUT2D eigenvalue weighted by Gasteiger charge is -2.26. The van der Waals surface area contributed by atoms with Crippen LogP contribution < -0.4 is 5.32 Å². The average molecular weight is 519 g/mol. The first-order valence-electron chi connectivity index (χ1n) is 12.4. The summed E-state index contributed by atoms with van der Waals surface area (Å²) in [5, 5.41) is 9.21. The van der Waals surface area contributed by atoms with E-state index < -0.39 is 0 Å². The Morgan fingerprint density at radius 1 is 1.17 bits per heavy atom. The van der Waals surface area contributed by atoms with Gasteiger partial charge in [0.15, 0.2) is 5.13 Å². The van der Waals surface area contributed by atoms with Gasteiger partial charge < -0.3 is 5.32 Å². The fourth-order valence-electron chi connectivity index (χ4n) is 5.18. The highest BCUT2D eigenvalue weighted by Gasteiger charge is 2.30. The number of hydrogen-bond donors (Lipinski definition) is 1. The second-order valence-corrected chi connectivity index (χ2v) is 10.8. The molecule has 184 valence electrons. The third kappa shape index (κ3) is 4.45. The van der Waals surface area contributed by atoms with Gasteiger partial charge in [-0.1, -0.05) is 35.4 Å². The van der Waals surface area contributed by atoms with Gasteiger partial charge in [0.2, 0.25) is 5.91 Å². The number of fused-ring (bicyclic) bond motifs is 3. The second-order valence-electron chi connectivity index (χ2n) is 9.43. The van der Waals surface area contributed by atoms with Gasteiger partial charge >= 0.3 is 0 Å². The van der Waals surface area contributed by atoms with Crippen LogP contribution in [0.15, 0.2) is 42.7 Å². The number of likely N-dealkylation sites (tertiary alicyclic amines) is 1. The molecule has 1 aromatic carbocycles. The highest BCUT2D eigenvalue weighted by molar-refractivity contribution is 7.19. The van der Waals surface area contributed by atoms with Crippen molar-refractivity contribution in [1.29, 1.82) is 0 Å². The summed E-state index contributed by atoms with van der Waals surface area (Å²) in [5.74, 6) is -0.127. The number of carbonyl (C=O) groups is 1. The molecule has 2 aliphatic rings. The minimum atomic E-state index is -0.127. The van der Waals surface area contributed by atoms with E-state index in [9.17, 15) is 4.79 Å². The maximum absolute atomic E-state index is 11.7. The van der Waals surface area contributed by atoms with Crippen molar-refractivity contribution in [1.82, 2.24) is 24.6 Å². The molecule has 0 bridgehead atoms. The van der Waals surface area contributed by atoms with Crippen LogP contribution in [0.4, 0.5) is 5.13 Å². The van der Waals surface area contributed by atoms with Crippen molar-refractivity contribution >= 4 is 34.0 Å². The maximum atomic E-state index is 11.7. The van der Waals surface area contributed by atoms with Gasteiger partial charge in [-0.25, -0.2) is 9.67 Å². The van der Waals surface area contributed by atoms with Crippen LogP contribution in [0.25, 0.3) is 27.5 Å². The van der Waals surface area contributed by atoms with E-state index in [0.717, 1.165) is 71.2 Å². The Balaban J connectivity index is 1.45. The predicted molar refractivity (Wildman–Crippen MR) is 144 cm³/mol. The van der Waals surface area contributed by atoms with Gasteiger partial charge in [0.25, 0.3) is 0 Å². The summed E-state index contributed by atoms with van der Waals surface area (Å²) in [6.45, 7) is 4.70. The number of aryl methyl sites for hydroxylation is 1. The summed E-state index contributed by atoms with van der Waals surface area (Å²) >= 11 is 8.41. The zero-order valence-electron chi connectivity index (χ0n) is 20.1. The molecule has 6 rings (SSSR count). The molecule has 1 aliphatic heterocycles. The van der Waals surface area contributed by atoms with Gasteiger partial charge in [-0.05, 0) is 68.6 Å². The molecule has 0 saturated carbocycles. The molecule has 1 aliphatic carbocycles. The van der Waals surface area contributed by atoms with E-state index in [1.54, 1.807) is 6.20 Å². The molecule has 0 spiro atoms. The molecule has 0 radical (unpaired) electrons. The monoisotopic (exact) mass is 518 g/mol. The molecule has 4 aromatic rings. The van der Waals surface area contributed by atoms with E-state index in [2.05, 4.69) is 33.4 Å². The van der Waals surface area contributed by atoms with Crippen LogP contribution in [0.2, 0.25) is 5.02 Å². The lowest BCUT2D eigenvalue weighted by molar-refractivity contribution is -0.114. The molecule has 0 atom stereocenters. The number of nitrogens with zero attached hydrogens (tertiary/aromatic N) is 5. The highest BCUT2D eigenvalue weighted by atomic mass is 35.5. The Morgan fingerprint density at radius 3 is 2.78 bits per heavy atom. The van der Waals surface area contributed by atoms with Crippen LogP contribution in [0.5, 0.6) is 0 Å². The smallest absolute Gasteiger partial charge is 0.223 e. The first kappa shape index (κ1) is 23.3. The number of rotatable bonds is 5. The standard InChI is InChI=1S/C27H27ClN6OS/c1-17(35)30-27-31-22-9-8-20-24(19-6-5-11-29-15-19)32-34(25(20)26(22)36-27)23-10-7-18(14-21(23)28)16-33-12-3-2-4-13-33/h5-7,10-11,14-15H,2-4,8-9,12-13,16H2,1H3,(H,30,31,35). The molecule has 7 nitrogen and oxygen atoms in total. The zero-order valence-corrected chi connectivity index (χ0v) is 21.7. The van der Waals surface area contributed by atoms with Gasteiger partial charge in [0, 0.05) is 37.0 Å². The largest absolute Gasteiger partial charge is 0.302 e. The number of aromatic nitrogens is 4. The van der Waals surface area contributed by atoms with Crippen LogP contribution in [-0.4, -0.2) is 43.6 Å². The summed E-state index contributed by atoms with van der Waals surface area (Å²) < 4.78 is 1.96. The molecular weight excluding hydrogens is 492 g/mol. The topological polar surface area (TPSA) is 75.9 Å². The summed E-state index contributed by atoms with van der Waals surface area (Å²) in [7, 11) is 0. The number of pyridine rings is 1. The van der Waals surface area contributed by atoms with E-state index >= 15 is 0 Å². The summed E-state index contributed by atoms with van der Waals surface area (Å²) in [4.78, 5) is 24.2. The Hall–Kier alpha value is -3.07. The Morgan fingerprint density at radius 2 is 2.03 bits per heavy atom. The summed E-state index contributed by atoms with van der Waals surface area (Å²) in [6, 6.07) is 10.3. The number of piperidine rings is 1. The number of thiazole rings is 1. The van der Waals surface area contributed by atoms with Gasteiger partial charge in [-0.2, -0.15) is 5.10 Å². The van der Waals surface area contributed by atoms with Crippen molar-refractivity contribution in [3.05, 3.63) is 64.6 Å². The molecule has 1 amide bonds. The van der Waals surface area contributed by atoms with Crippen molar-refractivity contribution in [2.75, 3.05) is 18.4 Å². The van der Waals surface area contributed by atoms with Crippen molar-refractivity contribution in [2.24, 2.45) is 0 Å². The maximum Gasteiger partial charge on any atom is 0.223 e. The number of carbonyl (C=O) groups excluding carboxylic acids is 1. The number of amides is 1. The summed E-state index contributed by atoms with van der Waals surface area (Å²) in [5.41, 5.74) is 7.07. The minimum Gasteiger partial charge on any atom is -0.302 e. The number of nitrogens with one attached hydrogen (secondary N) is 1. The van der Waals surface area contributed by atoms with Crippen LogP contribution >= 0.6 is 22.9 Å². The van der Waals surface area contributed by atoms with Gasteiger partial charge in [-0.15, -0.1) is 0 Å². The molecule has 0 unspecified atom stereocenters. The normalized spacial score (nSPS) is 15.4. The number of halogens is 1. The fourth-order valence-corrected chi connectivity index (χ4v) is 6.58. The number of hydrogen-bond acceptors (Lipinski definition) is 6. The second kappa shape index (κ2) is 9.76. The zero-order chi connectivity index (χ0) is 24.6. The van der Waals surface area contributed by atoms with E-state index in [1.807, 2.05) is 23.0 Å².